The van der Waals surface area contributed by atoms with Gasteiger partial charge in [-0.2, -0.15) is 0 Å². The summed E-state index contributed by atoms with van der Waals surface area (Å²) in [5, 5.41) is 1.17. The first-order chi connectivity index (χ1) is 10.3. The van der Waals surface area contributed by atoms with Crippen LogP contribution in [0.15, 0.2) is 30.3 Å². The van der Waals surface area contributed by atoms with Gasteiger partial charge in [-0.3, -0.25) is 4.90 Å². The van der Waals surface area contributed by atoms with Crippen LogP contribution in [0.1, 0.15) is 18.9 Å². The van der Waals surface area contributed by atoms with Crippen LogP contribution in [0.3, 0.4) is 0 Å². The van der Waals surface area contributed by atoms with Gasteiger partial charge in [0.25, 0.3) is 0 Å². The molecule has 1 aromatic heterocycles. The number of para-hydroxylation sites is 1. The molecular formula is C17H22ClN3. The van der Waals surface area contributed by atoms with Gasteiger partial charge in [0.15, 0.2) is 0 Å². The maximum Gasteiger partial charge on any atom is 0.129 e. The van der Waals surface area contributed by atoms with E-state index >= 15 is 0 Å². The van der Waals surface area contributed by atoms with E-state index in [4.69, 9.17) is 16.6 Å². The number of fused-ring (bicyclic) bond motifs is 1. The number of hydrogen-bond acceptors (Lipinski definition) is 3. The molecule has 0 bridgehead atoms. The Kier molecular flexibility index (Phi) is 4.61. The molecule has 0 spiro atoms. The zero-order valence-corrected chi connectivity index (χ0v) is 13.3. The van der Waals surface area contributed by atoms with Crippen molar-refractivity contribution in [1.29, 1.82) is 0 Å². The van der Waals surface area contributed by atoms with Crippen LogP contribution in [0.25, 0.3) is 10.9 Å². The molecule has 0 radical (unpaired) electrons. The van der Waals surface area contributed by atoms with Gasteiger partial charge in [0.1, 0.15) is 5.82 Å². The van der Waals surface area contributed by atoms with Crippen molar-refractivity contribution in [1.82, 2.24) is 9.88 Å². The fourth-order valence-corrected chi connectivity index (χ4v) is 3.24. The fraction of sp³-hybridized carbons (Fsp3) is 0.471. The molecule has 1 fully saturated rings. The normalized spacial score (nSPS) is 16.6. The fourth-order valence-electron chi connectivity index (χ4n) is 3.02. The highest BCUT2D eigenvalue weighted by Crippen LogP contribution is 2.25. The molecule has 0 aliphatic carbocycles. The molecule has 3 rings (SSSR count). The minimum Gasteiger partial charge on any atom is -0.354 e. The molecule has 0 atom stereocenters. The quantitative estimate of drug-likeness (QED) is 0.806. The maximum absolute atomic E-state index is 6.13. The Morgan fingerprint density at radius 3 is 2.62 bits per heavy atom. The van der Waals surface area contributed by atoms with Crippen molar-refractivity contribution < 1.29 is 0 Å². The Labute approximate surface area is 131 Å². The average molecular weight is 304 g/mol. The van der Waals surface area contributed by atoms with Gasteiger partial charge in [0, 0.05) is 37.4 Å². The predicted octanol–water partition coefficient (Wildman–Crippen LogP) is 3.51. The summed E-state index contributed by atoms with van der Waals surface area (Å²) >= 11 is 6.13. The number of aromatic nitrogens is 1. The summed E-state index contributed by atoms with van der Waals surface area (Å²) in [4.78, 5) is 9.74. The van der Waals surface area contributed by atoms with Crippen LogP contribution in [0.4, 0.5) is 5.82 Å². The number of hydrogen-bond donors (Lipinski definition) is 0. The lowest BCUT2D eigenvalue weighted by atomic mass is 10.1. The highest BCUT2D eigenvalue weighted by Gasteiger charge is 2.18. The molecule has 1 aromatic carbocycles. The Hall–Kier alpha value is -1.32. The van der Waals surface area contributed by atoms with E-state index in [1.807, 2.05) is 12.1 Å². The lowest BCUT2D eigenvalue weighted by Crippen LogP contribution is -2.46. The molecule has 4 heteroatoms. The molecule has 1 aliphatic rings. The smallest absolute Gasteiger partial charge is 0.129 e. The van der Waals surface area contributed by atoms with Gasteiger partial charge < -0.3 is 4.90 Å². The van der Waals surface area contributed by atoms with Crippen molar-refractivity contribution in [2.24, 2.45) is 0 Å². The largest absolute Gasteiger partial charge is 0.354 e. The van der Waals surface area contributed by atoms with Crippen LogP contribution in [0, 0.1) is 0 Å². The topological polar surface area (TPSA) is 19.4 Å². The third-order valence-electron chi connectivity index (χ3n) is 4.17. The van der Waals surface area contributed by atoms with Crippen LogP contribution in [0.2, 0.25) is 0 Å². The summed E-state index contributed by atoms with van der Waals surface area (Å²) in [6, 6.07) is 10.4. The van der Waals surface area contributed by atoms with Crippen LogP contribution in [-0.2, 0) is 5.88 Å². The van der Waals surface area contributed by atoms with Gasteiger partial charge >= 0.3 is 0 Å². The van der Waals surface area contributed by atoms with Crippen LogP contribution in [0.5, 0.6) is 0 Å². The number of piperazine rings is 1. The minimum atomic E-state index is 0.534. The Bertz CT molecular complexity index is 606. The van der Waals surface area contributed by atoms with E-state index in [9.17, 15) is 0 Å². The first-order valence-corrected chi connectivity index (χ1v) is 8.27. The molecule has 2 heterocycles. The monoisotopic (exact) mass is 303 g/mol. The number of benzene rings is 1. The Balaban J connectivity index is 1.84. The average Bonchev–Trinajstić information content (AvgIpc) is 2.55. The van der Waals surface area contributed by atoms with E-state index in [1.54, 1.807) is 0 Å². The number of rotatable bonds is 4. The highest BCUT2D eigenvalue weighted by atomic mass is 35.5. The van der Waals surface area contributed by atoms with Crippen molar-refractivity contribution in [3.8, 4) is 0 Å². The van der Waals surface area contributed by atoms with E-state index in [2.05, 4.69) is 34.9 Å². The summed E-state index contributed by atoms with van der Waals surface area (Å²) in [7, 11) is 0. The molecule has 0 N–H and O–H groups in total. The second-order valence-electron chi connectivity index (χ2n) is 5.62. The number of halogens is 1. The Morgan fingerprint density at radius 1 is 1.14 bits per heavy atom. The zero-order valence-electron chi connectivity index (χ0n) is 12.6. The van der Waals surface area contributed by atoms with Crippen LogP contribution in [-0.4, -0.2) is 42.6 Å². The SMILES string of the molecule is CCCN1CCN(c2cc(CCl)c3ccccc3n2)CC1. The van der Waals surface area contributed by atoms with Gasteiger partial charge in [-0.05, 0) is 30.7 Å². The second-order valence-corrected chi connectivity index (χ2v) is 5.89. The molecule has 1 saturated heterocycles. The molecule has 0 unspecified atom stereocenters. The summed E-state index contributed by atoms with van der Waals surface area (Å²) in [5.41, 5.74) is 2.22. The highest BCUT2D eigenvalue weighted by molar-refractivity contribution is 6.18. The summed E-state index contributed by atoms with van der Waals surface area (Å²) in [6.45, 7) is 7.78. The molecule has 2 aromatic rings. The summed E-state index contributed by atoms with van der Waals surface area (Å²) in [5.74, 6) is 1.60. The number of alkyl halides is 1. The minimum absolute atomic E-state index is 0.534. The molecular weight excluding hydrogens is 282 g/mol. The summed E-state index contributed by atoms with van der Waals surface area (Å²) in [6.07, 6.45) is 1.23. The van der Waals surface area contributed by atoms with E-state index in [0.29, 0.717) is 5.88 Å². The standard InChI is InChI=1S/C17H22ClN3/c1-2-7-20-8-10-21(11-9-20)17-12-14(13-18)15-5-3-4-6-16(15)19-17/h3-6,12H,2,7-11,13H2,1H3. The molecule has 0 amide bonds. The van der Waals surface area contributed by atoms with Gasteiger partial charge in [-0.15, -0.1) is 11.6 Å². The number of nitrogens with zero attached hydrogens (tertiary/aromatic N) is 3. The maximum atomic E-state index is 6.13. The lowest BCUT2D eigenvalue weighted by molar-refractivity contribution is 0.258. The van der Waals surface area contributed by atoms with Crippen LogP contribution >= 0.6 is 11.6 Å². The van der Waals surface area contributed by atoms with Crippen molar-refractivity contribution in [2.75, 3.05) is 37.6 Å². The van der Waals surface area contributed by atoms with E-state index in [-0.39, 0.29) is 0 Å². The first-order valence-electron chi connectivity index (χ1n) is 7.73. The van der Waals surface area contributed by atoms with E-state index in [0.717, 1.165) is 37.5 Å². The van der Waals surface area contributed by atoms with Gasteiger partial charge in [0.05, 0.1) is 5.52 Å². The lowest BCUT2D eigenvalue weighted by Gasteiger charge is -2.35. The Morgan fingerprint density at radius 2 is 1.90 bits per heavy atom. The van der Waals surface area contributed by atoms with Crippen molar-refractivity contribution >= 4 is 28.3 Å². The van der Waals surface area contributed by atoms with Gasteiger partial charge in [0.2, 0.25) is 0 Å². The van der Waals surface area contributed by atoms with E-state index in [1.165, 1.54) is 23.9 Å². The molecule has 21 heavy (non-hydrogen) atoms. The number of pyridine rings is 1. The molecule has 112 valence electrons. The van der Waals surface area contributed by atoms with Crippen molar-refractivity contribution in [3.05, 3.63) is 35.9 Å². The van der Waals surface area contributed by atoms with Crippen molar-refractivity contribution in [2.45, 2.75) is 19.2 Å². The van der Waals surface area contributed by atoms with Gasteiger partial charge in [-0.1, -0.05) is 25.1 Å². The van der Waals surface area contributed by atoms with E-state index < -0.39 is 0 Å². The first kappa shape index (κ1) is 14.6. The van der Waals surface area contributed by atoms with Gasteiger partial charge in [-0.25, -0.2) is 4.98 Å². The third kappa shape index (κ3) is 3.14. The predicted molar refractivity (Wildman–Crippen MR) is 90.2 cm³/mol. The molecule has 3 nitrogen and oxygen atoms in total. The second kappa shape index (κ2) is 6.63. The number of anilines is 1. The molecule has 0 saturated carbocycles. The van der Waals surface area contributed by atoms with Crippen LogP contribution < -0.4 is 4.90 Å². The summed E-state index contributed by atoms with van der Waals surface area (Å²) < 4.78 is 0. The molecule has 1 aliphatic heterocycles. The third-order valence-corrected chi connectivity index (χ3v) is 4.46. The zero-order chi connectivity index (χ0) is 14.7. The van der Waals surface area contributed by atoms with Crippen molar-refractivity contribution in [3.63, 3.8) is 0 Å².